The molecule has 3 N–H and O–H groups in total. The van der Waals surface area contributed by atoms with Crippen LogP contribution in [0.1, 0.15) is 66.1 Å². The van der Waals surface area contributed by atoms with E-state index in [1.807, 2.05) is 56.3 Å². The number of hydrogen-bond acceptors (Lipinski definition) is 8. The third kappa shape index (κ3) is 6.75. The van der Waals surface area contributed by atoms with Gasteiger partial charge in [0.25, 0.3) is 5.69 Å². The van der Waals surface area contributed by atoms with Gasteiger partial charge in [-0.1, -0.05) is 48.0 Å². The topological polar surface area (TPSA) is 140 Å². The van der Waals surface area contributed by atoms with Crippen molar-refractivity contribution in [3.63, 3.8) is 0 Å². The molecule has 0 fully saturated rings. The molecule has 0 saturated carbocycles. The molecule has 1 heterocycles. The summed E-state index contributed by atoms with van der Waals surface area (Å²) < 4.78 is 10.7. The van der Waals surface area contributed by atoms with Crippen molar-refractivity contribution in [1.82, 2.24) is 5.32 Å². The van der Waals surface area contributed by atoms with Gasteiger partial charge >= 0.3 is 5.97 Å². The fraction of sp³-hybridized carbons (Fsp3) is 0.333. The lowest BCUT2D eigenvalue weighted by atomic mass is 9.94. The largest absolute Gasteiger partial charge is 0.507 e. The Hall–Kier alpha value is -5.12. The number of phenolic OH excluding ortho intramolecular Hbond substituents is 1. The normalized spacial score (nSPS) is 12.7. The van der Waals surface area contributed by atoms with Crippen molar-refractivity contribution in [3.05, 3.63) is 92.5 Å². The average Bonchev–Trinajstić information content (AvgIpc) is 3.45. The molecule has 1 aliphatic heterocycles. The molecule has 0 spiro atoms. The maximum atomic E-state index is 12.5. The summed E-state index contributed by atoms with van der Waals surface area (Å²) in [4.78, 5) is 36.1. The summed E-state index contributed by atoms with van der Waals surface area (Å²) in [6.45, 7) is 5.13. The molecule has 1 aliphatic rings. The smallest absolute Gasteiger partial charge is 0.342 e. The first-order chi connectivity index (χ1) is 22.2. The van der Waals surface area contributed by atoms with Gasteiger partial charge in [-0.15, -0.1) is 0 Å². The van der Waals surface area contributed by atoms with E-state index in [0.717, 1.165) is 52.2 Å². The number of carbonyl (C=O) groups excluding carboxylic acids is 2. The molecule has 0 aromatic heterocycles. The molecule has 1 amide bonds. The summed E-state index contributed by atoms with van der Waals surface area (Å²) in [5.41, 5.74) is 4.03. The quantitative estimate of drug-likeness (QED) is 0.0332. The van der Waals surface area contributed by atoms with E-state index >= 15 is 0 Å². The third-order valence-electron chi connectivity index (χ3n) is 8.59. The molecular formula is C36H39N3O7. The van der Waals surface area contributed by atoms with Crippen molar-refractivity contribution in [2.45, 2.75) is 59.0 Å². The minimum atomic E-state index is -0.530. The zero-order valence-electron chi connectivity index (χ0n) is 26.4. The number of aromatic hydroxyl groups is 1. The van der Waals surface area contributed by atoms with Crippen LogP contribution < -0.4 is 15.4 Å². The van der Waals surface area contributed by atoms with Gasteiger partial charge in [-0.05, 0) is 68.4 Å². The van der Waals surface area contributed by atoms with E-state index < -0.39 is 5.97 Å². The Morgan fingerprint density at radius 1 is 1.09 bits per heavy atom. The van der Waals surface area contributed by atoms with Gasteiger partial charge < -0.3 is 25.2 Å². The predicted molar refractivity (Wildman–Crippen MR) is 179 cm³/mol. The molecule has 0 saturated heterocycles. The summed E-state index contributed by atoms with van der Waals surface area (Å²) in [5, 5.41) is 32.4. The first-order valence-electron chi connectivity index (χ1n) is 15.5. The molecule has 4 aromatic rings. The number of allylic oxidation sites excluding steroid dienone is 2. The number of phenols is 1. The molecule has 5 rings (SSSR count). The number of ether oxygens (including phenoxy) is 2. The molecular weight excluding hydrogens is 586 g/mol. The molecule has 0 bridgehead atoms. The molecule has 0 aliphatic carbocycles. The molecule has 0 unspecified atom stereocenters. The van der Waals surface area contributed by atoms with E-state index in [4.69, 9.17) is 9.47 Å². The van der Waals surface area contributed by atoms with Crippen LogP contribution in [-0.2, 0) is 22.6 Å². The number of rotatable bonds is 14. The number of nitro groups is 1. The maximum absolute atomic E-state index is 12.5. The lowest BCUT2D eigenvalue weighted by molar-refractivity contribution is -0.383. The Labute approximate surface area is 267 Å². The Kier molecular flexibility index (Phi) is 10.0. The minimum absolute atomic E-state index is 0.0306. The minimum Gasteiger partial charge on any atom is -0.507 e. The number of methoxy groups -OCH3 is 1. The number of fused-ring (bicyclic) bond motifs is 3. The fourth-order valence-corrected chi connectivity index (χ4v) is 6.11. The Balaban J connectivity index is 1.08. The number of nitrogens with zero attached hydrogens (tertiary/aromatic N) is 1. The zero-order valence-corrected chi connectivity index (χ0v) is 26.4. The van der Waals surface area contributed by atoms with Crippen molar-refractivity contribution in [1.29, 1.82) is 0 Å². The van der Waals surface area contributed by atoms with Gasteiger partial charge in [0.05, 0.1) is 23.1 Å². The van der Waals surface area contributed by atoms with Crippen molar-refractivity contribution >= 4 is 44.8 Å². The van der Waals surface area contributed by atoms with Crippen LogP contribution in [0.25, 0.3) is 21.5 Å². The molecule has 0 atom stereocenters. The van der Waals surface area contributed by atoms with Gasteiger partial charge in [-0.25, -0.2) is 4.79 Å². The van der Waals surface area contributed by atoms with Crippen LogP contribution in [0.2, 0.25) is 0 Å². The first kappa shape index (κ1) is 32.3. The lowest BCUT2D eigenvalue weighted by Gasteiger charge is -2.15. The van der Waals surface area contributed by atoms with Crippen LogP contribution in [0.3, 0.4) is 0 Å². The molecule has 240 valence electrons. The SMILES string of the molecule is COc1c(C)c2c(c(O)c1C/C=C(\C)CCC(=O)NCCCCCNc1c3ccccc3cc3cccc([N+](=O)[O-])c13)C(=O)OC2. The molecule has 0 radical (unpaired) electrons. The predicted octanol–water partition coefficient (Wildman–Crippen LogP) is 7.26. The first-order valence-corrected chi connectivity index (χ1v) is 15.5. The monoisotopic (exact) mass is 625 g/mol. The van der Waals surface area contributed by atoms with Crippen LogP contribution in [0, 0.1) is 17.0 Å². The number of esters is 1. The van der Waals surface area contributed by atoms with E-state index in [1.165, 1.54) is 13.2 Å². The van der Waals surface area contributed by atoms with Gasteiger partial charge in [0.2, 0.25) is 5.91 Å². The standard InChI is InChI=1S/C36H39N3O7/c1-22(14-16-27-34(41)32-28(21-46-36(32)42)23(2)35(27)45-3)15-17-30(40)37-18-7-4-8-19-38-33-26-12-6-5-10-24(26)20-25-11-9-13-29(31(25)33)39(43)44/h5-6,9-14,20,38,41H,4,7-8,15-19,21H2,1-3H3,(H,37,40)/b22-14+. The van der Waals surface area contributed by atoms with Gasteiger partial charge in [0.1, 0.15) is 23.7 Å². The highest BCUT2D eigenvalue weighted by molar-refractivity contribution is 6.14. The summed E-state index contributed by atoms with van der Waals surface area (Å²) in [5.74, 6) is -0.128. The van der Waals surface area contributed by atoms with E-state index in [-0.39, 0.29) is 34.4 Å². The number of anilines is 1. The number of unbranched alkanes of at least 4 members (excludes halogenated alkanes) is 2. The number of carbonyl (C=O) groups is 2. The van der Waals surface area contributed by atoms with Gasteiger partial charge in [0, 0.05) is 42.1 Å². The summed E-state index contributed by atoms with van der Waals surface area (Å²) >= 11 is 0. The van der Waals surface area contributed by atoms with Crippen molar-refractivity contribution in [3.8, 4) is 11.5 Å². The number of hydrogen-bond donors (Lipinski definition) is 3. The highest BCUT2D eigenvalue weighted by atomic mass is 16.6. The summed E-state index contributed by atoms with van der Waals surface area (Å²) in [7, 11) is 1.54. The second-order valence-electron chi connectivity index (χ2n) is 11.6. The highest BCUT2D eigenvalue weighted by Crippen LogP contribution is 2.42. The van der Waals surface area contributed by atoms with Gasteiger partial charge in [-0.3, -0.25) is 14.9 Å². The summed E-state index contributed by atoms with van der Waals surface area (Å²) in [6, 6.07) is 15.0. The van der Waals surface area contributed by atoms with Crippen LogP contribution >= 0.6 is 0 Å². The second kappa shape index (κ2) is 14.3. The Morgan fingerprint density at radius 3 is 2.63 bits per heavy atom. The second-order valence-corrected chi connectivity index (χ2v) is 11.6. The zero-order chi connectivity index (χ0) is 32.8. The van der Waals surface area contributed by atoms with E-state index in [9.17, 15) is 24.8 Å². The van der Waals surface area contributed by atoms with Crippen LogP contribution in [0.15, 0.2) is 60.2 Å². The fourth-order valence-electron chi connectivity index (χ4n) is 6.11. The number of nitrogens with one attached hydrogen (secondary N) is 2. The number of nitro benzene ring substituents is 1. The molecule has 10 heteroatoms. The lowest BCUT2D eigenvalue weighted by Crippen LogP contribution is -2.24. The Bertz CT molecular complexity index is 1850. The Morgan fingerprint density at radius 2 is 1.85 bits per heavy atom. The van der Waals surface area contributed by atoms with Gasteiger partial charge in [-0.2, -0.15) is 0 Å². The number of amides is 1. The highest BCUT2D eigenvalue weighted by Gasteiger charge is 2.31. The molecule has 10 nitrogen and oxygen atoms in total. The maximum Gasteiger partial charge on any atom is 0.342 e. The number of non-ortho nitro benzene ring substituents is 1. The van der Waals surface area contributed by atoms with E-state index in [1.54, 1.807) is 6.07 Å². The van der Waals surface area contributed by atoms with Crippen LogP contribution in [-0.4, -0.2) is 42.1 Å². The summed E-state index contributed by atoms with van der Waals surface area (Å²) in [6.07, 6.45) is 5.76. The van der Waals surface area contributed by atoms with E-state index in [2.05, 4.69) is 10.6 Å². The van der Waals surface area contributed by atoms with Crippen molar-refractivity contribution in [2.24, 2.45) is 0 Å². The van der Waals surface area contributed by atoms with Crippen molar-refractivity contribution in [2.75, 3.05) is 25.5 Å². The van der Waals surface area contributed by atoms with E-state index in [0.29, 0.717) is 54.6 Å². The molecule has 4 aromatic carbocycles. The van der Waals surface area contributed by atoms with Crippen LogP contribution in [0.5, 0.6) is 11.5 Å². The number of benzene rings is 4. The van der Waals surface area contributed by atoms with Gasteiger partial charge in [0.15, 0.2) is 0 Å². The third-order valence-corrected chi connectivity index (χ3v) is 8.59. The molecule has 46 heavy (non-hydrogen) atoms. The average molecular weight is 626 g/mol. The van der Waals surface area contributed by atoms with Crippen LogP contribution in [0.4, 0.5) is 11.4 Å². The van der Waals surface area contributed by atoms with Crippen molar-refractivity contribution < 1.29 is 29.1 Å². The number of cyclic esters (lactones) is 1.